The van der Waals surface area contributed by atoms with E-state index in [0.29, 0.717) is 39.2 Å². The van der Waals surface area contributed by atoms with Crippen LogP contribution in [-0.2, 0) is 4.74 Å². The van der Waals surface area contributed by atoms with Crippen molar-refractivity contribution in [2.75, 3.05) is 51.7 Å². The first-order valence-corrected chi connectivity index (χ1v) is 14.9. The summed E-state index contributed by atoms with van der Waals surface area (Å²) in [6.07, 6.45) is 7.27. The molecule has 198 valence electrons. The predicted molar refractivity (Wildman–Crippen MR) is 148 cm³/mol. The molecule has 36 heavy (non-hydrogen) atoms. The zero-order valence-corrected chi connectivity index (χ0v) is 23.7. The Morgan fingerprint density at radius 1 is 1.03 bits per heavy atom. The van der Waals surface area contributed by atoms with Gasteiger partial charge in [0, 0.05) is 45.3 Å². The van der Waals surface area contributed by atoms with Crippen molar-refractivity contribution < 1.29 is 14.3 Å². The summed E-state index contributed by atoms with van der Waals surface area (Å²) in [7, 11) is 1.37. The van der Waals surface area contributed by atoms with E-state index < -0.39 is 5.97 Å². The fourth-order valence-electron chi connectivity index (χ4n) is 7.70. The molecule has 2 heterocycles. The van der Waals surface area contributed by atoms with Crippen LogP contribution in [0.2, 0.25) is 0 Å². The largest absolute Gasteiger partial charge is 0.465 e. The summed E-state index contributed by atoms with van der Waals surface area (Å²) < 4.78 is 5.06. The van der Waals surface area contributed by atoms with Crippen LogP contribution in [0.15, 0.2) is 0 Å². The third-order valence-electron chi connectivity index (χ3n) is 9.20. The number of amides is 1. The monoisotopic (exact) mass is 532 g/mol. The molecule has 1 amide bonds. The molecule has 1 aromatic heterocycles. The lowest BCUT2D eigenvalue weighted by Crippen LogP contribution is -2.60. The molecule has 1 N–H and O–H groups in total. The van der Waals surface area contributed by atoms with Gasteiger partial charge in [0.05, 0.1) is 17.6 Å². The first-order valence-electron chi connectivity index (χ1n) is 13.6. The molecule has 4 saturated carbocycles. The van der Waals surface area contributed by atoms with Crippen LogP contribution in [0.25, 0.3) is 0 Å². The van der Waals surface area contributed by atoms with Crippen molar-refractivity contribution in [3.8, 4) is 0 Å². The maximum absolute atomic E-state index is 13.1. The number of thiophene rings is 1. The maximum atomic E-state index is 13.1. The van der Waals surface area contributed by atoms with Gasteiger partial charge in [-0.05, 0) is 94.3 Å². The van der Waals surface area contributed by atoms with Gasteiger partial charge in [-0.2, -0.15) is 0 Å². The predicted octanol–water partition coefficient (Wildman–Crippen LogP) is 4.46. The molecule has 9 heteroatoms. The molecular weight excluding hydrogens is 492 g/mol. The van der Waals surface area contributed by atoms with E-state index in [1.54, 1.807) is 4.90 Å². The van der Waals surface area contributed by atoms with Gasteiger partial charge in [0.2, 0.25) is 0 Å². The van der Waals surface area contributed by atoms with Crippen LogP contribution >= 0.6 is 23.6 Å². The van der Waals surface area contributed by atoms with Crippen molar-refractivity contribution in [2.45, 2.75) is 58.9 Å². The third kappa shape index (κ3) is 4.67. The average molecular weight is 533 g/mol. The fraction of sp³-hybridized carbons (Fsp3) is 0.741. The summed E-state index contributed by atoms with van der Waals surface area (Å²) in [5.74, 6) is 3.29. The molecule has 0 spiro atoms. The molecule has 0 unspecified atom stereocenters. The number of methoxy groups -OCH3 is 1. The van der Waals surface area contributed by atoms with Crippen molar-refractivity contribution in [1.82, 2.24) is 14.7 Å². The minimum absolute atomic E-state index is 0.0593. The van der Waals surface area contributed by atoms with E-state index in [9.17, 15) is 9.59 Å². The van der Waals surface area contributed by atoms with Crippen molar-refractivity contribution in [3.63, 3.8) is 0 Å². The topological polar surface area (TPSA) is 65.1 Å². The van der Waals surface area contributed by atoms with Gasteiger partial charge in [-0.1, -0.05) is 0 Å². The summed E-state index contributed by atoms with van der Waals surface area (Å²) in [6, 6.07) is 0.765. The van der Waals surface area contributed by atoms with Gasteiger partial charge in [0.25, 0.3) is 5.91 Å². The minimum atomic E-state index is -0.445. The molecule has 0 aromatic carbocycles. The summed E-state index contributed by atoms with van der Waals surface area (Å²) >= 11 is 7.11. The molecule has 0 atom stereocenters. The molecule has 6 rings (SSSR count). The number of anilines is 1. The molecule has 1 aromatic rings. The zero-order valence-electron chi connectivity index (χ0n) is 22.0. The number of rotatable bonds is 6. The molecule has 7 nitrogen and oxygen atoms in total. The Morgan fingerprint density at radius 3 is 2.14 bits per heavy atom. The molecule has 4 bridgehead atoms. The van der Waals surface area contributed by atoms with Crippen LogP contribution in [0.1, 0.15) is 71.5 Å². The summed E-state index contributed by atoms with van der Waals surface area (Å²) in [5, 5.41) is 4.54. The maximum Gasteiger partial charge on any atom is 0.341 e. The smallest absolute Gasteiger partial charge is 0.341 e. The van der Waals surface area contributed by atoms with Gasteiger partial charge in [-0.15, -0.1) is 11.3 Å². The molecule has 4 aliphatic carbocycles. The SMILES string of the molecule is CCN(CC)C(=O)c1sc(NC(=S)N2CCN(C3C4CC5CC(C4)CC3C5)CC2)c(C(=O)OC)c1C. The van der Waals surface area contributed by atoms with Gasteiger partial charge in [0.15, 0.2) is 5.11 Å². The van der Waals surface area contributed by atoms with E-state index in [-0.39, 0.29) is 5.91 Å². The number of piperazine rings is 1. The molecule has 1 aliphatic heterocycles. The lowest BCUT2D eigenvalue weighted by atomic mass is 9.54. The summed E-state index contributed by atoms with van der Waals surface area (Å²) in [6.45, 7) is 10.8. The number of nitrogens with zero attached hydrogens (tertiary/aromatic N) is 3. The van der Waals surface area contributed by atoms with Crippen LogP contribution in [0, 0.1) is 30.6 Å². The number of carbonyl (C=O) groups excluding carboxylic acids is 2. The van der Waals surface area contributed by atoms with E-state index in [1.165, 1.54) is 50.6 Å². The molecule has 5 aliphatic rings. The highest BCUT2D eigenvalue weighted by Gasteiger charge is 2.50. The van der Waals surface area contributed by atoms with Crippen LogP contribution in [-0.4, -0.2) is 84.1 Å². The first kappa shape index (κ1) is 25.9. The Labute approximate surface area is 224 Å². The molecule has 1 saturated heterocycles. The van der Waals surface area contributed by atoms with Gasteiger partial charge >= 0.3 is 5.97 Å². The number of carbonyl (C=O) groups is 2. The standard InChI is InChI=1S/C27H40N4O3S2/c1-5-29(6-2)25(32)23-16(3)21(26(33)34-4)24(36-23)28-27(35)31-9-7-30(8-10-31)22-19-12-17-11-18(14-19)15-20(22)13-17/h17-20,22H,5-15H2,1-4H3,(H,28,35). The van der Waals surface area contributed by atoms with Crippen molar-refractivity contribution in [2.24, 2.45) is 23.7 Å². The van der Waals surface area contributed by atoms with Crippen molar-refractivity contribution in [1.29, 1.82) is 0 Å². The number of ether oxygens (including phenoxy) is 1. The Balaban J connectivity index is 1.25. The quantitative estimate of drug-likeness (QED) is 0.429. The number of nitrogens with one attached hydrogen (secondary N) is 1. The van der Waals surface area contributed by atoms with E-state index in [1.807, 2.05) is 20.8 Å². The highest BCUT2D eigenvalue weighted by atomic mass is 32.1. The number of hydrogen-bond donors (Lipinski definition) is 1. The summed E-state index contributed by atoms with van der Waals surface area (Å²) in [4.78, 5) is 33.0. The second-order valence-corrected chi connectivity index (χ2v) is 12.5. The molecular formula is C27H40N4O3S2. The van der Waals surface area contributed by atoms with Crippen molar-refractivity contribution in [3.05, 3.63) is 16.0 Å². The van der Waals surface area contributed by atoms with Gasteiger partial charge in [-0.25, -0.2) is 4.79 Å². The highest BCUT2D eigenvalue weighted by molar-refractivity contribution is 7.80. The highest BCUT2D eigenvalue weighted by Crippen LogP contribution is 2.55. The van der Waals surface area contributed by atoms with E-state index in [4.69, 9.17) is 17.0 Å². The lowest BCUT2D eigenvalue weighted by Gasteiger charge is -2.58. The van der Waals surface area contributed by atoms with Crippen molar-refractivity contribution >= 4 is 45.5 Å². The number of esters is 1. The second-order valence-electron chi connectivity index (χ2n) is 11.1. The number of thiocarbonyl (C=S) groups is 1. The third-order valence-corrected chi connectivity index (χ3v) is 10.8. The van der Waals surface area contributed by atoms with Crippen LogP contribution < -0.4 is 5.32 Å². The van der Waals surface area contributed by atoms with E-state index in [2.05, 4.69) is 15.1 Å². The Morgan fingerprint density at radius 2 is 1.61 bits per heavy atom. The van der Waals surface area contributed by atoms with E-state index >= 15 is 0 Å². The zero-order chi connectivity index (χ0) is 25.6. The van der Waals surface area contributed by atoms with Gasteiger partial charge in [-0.3, -0.25) is 9.69 Å². The Hall–Kier alpha value is -1.71. The van der Waals surface area contributed by atoms with Gasteiger partial charge < -0.3 is 19.9 Å². The first-order chi connectivity index (χ1) is 17.3. The number of hydrogen-bond acceptors (Lipinski definition) is 6. The van der Waals surface area contributed by atoms with Crippen LogP contribution in [0.5, 0.6) is 0 Å². The molecule has 5 fully saturated rings. The van der Waals surface area contributed by atoms with Crippen LogP contribution in [0.3, 0.4) is 0 Å². The normalized spacial score (nSPS) is 29.3. The molecule has 0 radical (unpaired) electrons. The average Bonchev–Trinajstić information content (AvgIpc) is 3.19. The lowest BCUT2D eigenvalue weighted by molar-refractivity contribution is -0.0726. The fourth-order valence-corrected chi connectivity index (χ4v) is 9.21. The Bertz CT molecular complexity index is 985. The minimum Gasteiger partial charge on any atom is -0.465 e. The van der Waals surface area contributed by atoms with Gasteiger partial charge in [0.1, 0.15) is 5.00 Å². The second kappa shape index (κ2) is 10.6. The summed E-state index contributed by atoms with van der Waals surface area (Å²) in [5.41, 5.74) is 1.06. The van der Waals surface area contributed by atoms with E-state index in [0.717, 1.165) is 55.9 Å². The van der Waals surface area contributed by atoms with Crippen LogP contribution in [0.4, 0.5) is 5.00 Å². The Kier molecular flexibility index (Phi) is 7.61.